The maximum Gasteiger partial charge on any atom is 0.306 e. The Balaban J connectivity index is 4.45. The molecule has 2 unspecified atom stereocenters. The van der Waals surface area contributed by atoms with Gasteiger partial charge in [0.2, 0.25) is 0 Å². The van der Waals surface area contributed by atoms with Crippen LogP contribution in [0.4, 0.5) is 0 Å². The summed E-state index contributed by atoms with van der Waals surface area (Å²) in [4.78, 5) is 24.9. The molecule has 0 saturated carbocycles. The summed E-state index contributed by atoms with van der Waals surface area (Å²) in [6.07, 6.45) is 44.6. The van der Waals surface area contributed by atoms with Crippen LogP contribution >= 0.6 is 7.82 Å². The quantitative estimate of drug-likeness (QED) is 0.0214. The number of quaternary nitrogens is 1. The third kappa shape index (κ3) is 38.7. The first kappa shape index (κ1) is 48.7. The van der Waals surface area contributed by atoms with Crippen LogP contribution in [0.15, 0.2) is 85.1 Å². The average Bonchev–Trinajstić information content (AvgIpc) is 3.08. The predicted octanol–water partition coefficient (Wildman–Crippen LogP) is 10.3. The first-order valence-corrected chi connectivity index (χ1v) is 20.8. The number of esters is 1. The summed E-state index contributed by atoms with van der Waals surface area (Å²) in [5.41, 5.74) is 0. The molecule has 0 amide bonds. The van der Waals surface area contributed by atoms with E-state index >= 15 is 0 Å². The Morgan fingerprint density at radius 3 is 1.61 bits per heavy atom. The zero-order valence-corrected chi connectivity index (χ0v) is 33.7. The Bertz CT molecular complexity index is 1090. The van der Waals surface area contributed by atoms with Gasteiger partial charge in [0, 0.05) is 13.0 Å². The maximum absolute atomic E-state index is 12.6. The van der Waals surface area contributed by atoms with E-state index in [-0.39, 0.29) is 32.2 Å². The van der Waals surface area contributed by atoms with Crippen LogP contribution in [-0.2, 0) is 27.9 Å². The molecule has 2 atom stereocenters. The van der Waals surface area contributed by atoms with Crippen molar-refractivity contribution in [3.63, 3.8) is 0 Å². The van der Waals surface area contributed by atoms with Crippen LogP contribution in [-0.4, -0.2) is 70.7 Å². The first-order valence-electron chi connectivity index (χ1n) is 19.3. The molecule has 0 radical (unpaired) electrons. The van der Waals surface area contributed by atoms with Crippen molar-refractivity contribution < 1.29 is 37.3 Å². The number of hydrogen-bond acceptors (Lipinski definition) is 7. The van der Waals surface area contributed by atoms with Crippen LogP contribution in [0.2, 0.25) is 0 Å². The van der Waals surface area contributed by atoms with Crippen molar-refractivity contribution in [3.05, 3.63) is 85.1 Å². The first-order chi connectivity index (χ1) is 24.6. The summed E-state index contributed by atoms with van der Waals surface area (Å²) in [6, 6.07) is 0. The molecule has 0 rings (SSSR count). The third-order valence-electron chi connectivity index (χ3n) is 7.44. The van der Waals surface area contributed by atoms with Crippen LogP contribution in [0.25, 0.3) is 0 Å². The minimum absolute atomic E-state index is 0.00730. The summed E-state index contributed by atoms with van der Waals surface area (Å²) in [6.45, 7) is 4.96. The summed E-state index contributed by atoms with van der Waals surface area (Å²) in [5, 5.41) is 0. The van der Waals surface area contributed by atoms with Crippen molar-refractivity contribution in [1.82, 2.24) is 0 Å². The molecule has 0 heterocycles. The number of carbonyl (C=O) groups excluding carboxylic acids is 1. The van der Waals surface area contributed by atoms with Gasteiger partial charge in [-0.05, 0) is 77.0 Å². The number of unbranched alkanes of at least 4 members (excludes halogenated alkanes) is 6. The van der Waals surface area contributed by atoms with Gasteiger partial charge in [-0.15, -0.1) is 0 Å². The fourth-order valence-electron chi connectivity index (χ4n) is 4.50. The molecule has 0 aliphatic heterocycles. The van der Waals surface area contributed by atoms with Gasteiger partial charge in [0.25, 0.3) is 7.82 Å². The van der Waals surface area contributed by atoms with Crippen LogP contribution < -0.4 is 4.89 Å². The number of carbonyl (C=O) groups is 1. The summed E-state index contributed by atoms with van der Waals surface area (Å²) in [5.74, 6) is -0.375. The van der Waals surface area contributed by atoms with E-state index in [4.69, 9.17) is 18.5 Å². The van der Waals surface area contributed by atoms with E-state index in [1.165, 1.54) is 0 Å². The second-order valence-corrected chi connectivity index (χ2v) is 14.9. The molecule has 0 aliphatic carbocycles. The SMILES string of the molecule is CC/C=C\C/C=C\C/C=C\C/C=C\CCCOCC(COP(=O)([O-])OCC[N+](C)(C)C)OC(=O)CCCCCCC/C=C\C/C=C\C/C=C\CC. The number of nitrogens with zero attached hydrogens (tertiary/aromatic N) is 1. The molecular weight excluding hydrogens is 661 g/mol. The number of phosphoric ester groups is 1. The van der Waals surface area contributed by atoms with Gasteiger partial charge in [0.1, 0.15) is 19.3 Å². The zero-order chi connectivity index (χ0) is 37.7. The van der Waals surface area contributed by atoms with E-state index in [1.54, 1.807) is 0 Å². The average molecular weight is 734 g/mol. The van der Waals surface area contributed by atoms with Crippen molar-refractivity contribution in [2.24, 2.45) is 0 Å². The molecule has 0 saturated heterocycles. The smallest absolute Gasteiger partial charge is 0.306 e. The second kappa shape index (κ2) is 34.7. The highest BCUT2D eigenvalue weighted by Crippen LogP contribution is 2.38. The van der Waals surface area contributed by atoms with Gasteiger partial charge in [-0.1, -0.05) is 118 Å². The molecule has 0 spiro atoms. The number of ether oxygens (including phenoxy) is 2. The maximum atomic E-state index is 12.6. The van der Waals surface area contributed by atoms with E-state index in [2.05, 4.69) is 98.9 Å². The van der Waals surface area contributed by atoms with Crippen LogP contribution in [0.1, 0.15) is 117 Å². The van der Waals surface area contributed by atoms with Crippen molar-refractivity contribution in [1.29, 1.82) is 0 Å². The van der Waals surface area contributed by atoms with Gasteiger partial charge < -0.3 is 27.9 Å². The lowest BCUT2D eigenvalue weighted by atomic mass is 10.1. The Morgan fingerprint density at radius 2 is 1.08 bits per heavy atom. The van der Waals surface area contributed by atoms with Gasteiger partial charge in [-0.25, -0.2) is 0 Å². The molecule has 0 bridgehead atoms. The van der Waals surface area contributed by atoms with Gasteiger partial charge in [-0.3, -0.25) is 9.36 Å². The molecule has 0 N–H and O–H groups in total. The second-order valence-electron chi connectivity index (χ2n) is 13.5. The molecule has 9 heteroatoms. The number of likely N-dealkylation sites (N-methyl/N-ethyl adjacent to an activating group) is 1. The molecule has 0 fully saturated rings. The molecule has 0 aromatic rings. The summed E-state index contributed by atoms with van der Waals surface area (Å²) in [7, 11) is 1.29. The molecular formula is C42H72NO7P. The highest BCUT2D eigenvalue weighted by atomic mass is 31.2. The molecule has 292 valence electrons. The Morgan fingerprint density at radius 1 is 0.608 bits per heavy atom. The topological polar surface area (TPSA) is 94.1 Å². The molecule has 0 aliphatic rings. The van der Waals surface area contributed by atoms with E-state index in [1.807, 2.05) is 21.1 Å². The van der Waals surface area contributed by atoms with Crippen molar-refractivity contribution in [2.75, 3.05) is 54.1 Å². The zero-order valence-electron chi connectivity index (χ0n) is 32.8. The summed E-state index contributed by atoms with van der Waals surface area (Å²) < 4.78 is 34.3. The molecule has 0 aromatic carbocycles. The van der Waals surface area contributed by atoms with E-state index in [0.29, 0.717) is 17.6 Å². The monoisotopic (exact) mass is 734 g/mol. The summed E-state index contributed by atoms with van der Waals surface area (Å²) >= 11 is 0. The minimum atomic E-state index is -4.54. The lowest BCUT2D eigenvalue weighted by molar-refractivity contribution is -0.870. The largest absolute Gasteiger partial charge is 0.756 e. The van der Waals surface area contributed by atoms with E-state index in [0.717, 1.165) is 96.3 Å². The standard InChI is InChI=1S/C42H72NO7P/c1-6-8-10-12-14-16-18-20-22-23-25-27-29-31-33-35-42(44)50-41(40-49-51(45,46)48-38-36-43(3,4)5)39-47-37-34-32-30-28-26-24-21-19-17-15-13-11-9-7-2/h8-11,14-17,20-22,24,28,30,41H,6-7,12-13,18-19,23,25-27,29,31-40H2,1-5H3/b10-8-,11-9-,16-14-,17-15-,22-20-,24-21-,30-28-. The molecule has 0 aromatic heterocycles. The fourth-order valence-corrected chi connectivity index (χ4v) is 5.23. The van der Waals surface area contributed by atoms with E-state index < -0.39 is 13.9 Å². The van der Waals surface area contributed by atoms with Crippen LogP contribution in [0.5, 0.6) is 0 Å². The Kier molecular flexibility index (Phi) is 33.2. The lowest BCUT2D eigenvalue weighted by Crippen LogP contribution is -2.37. The van der Waals surface area contributed by atoms with Crippen molar-refractivity contribution in [2.45, 2.75) is 123 Å². The number of hydrogen-bond donors (Lipinski definition) is 0. The highest BCUT2D eigenvalue weighted by Gasteiger charge is 2.20. The van der Waals surface area contributed by atoms with Crippen LogP contribution in [0, 0.1) is 0 Å². The van der Waals surface area contributed by atoms with Gasteiger partial charge in [0.15, 0.2) is 0 Å². The fraction of sp³-hybridized carbons (Fsp3) is 0.643. The highest BCUT2D eigenvalue weighted by molar-refractivity contribution is 7.45. The third-order valence-corrected chi connectivity index (χ3v) is 8.41. The lowest BCUT2D eigenvalue weighted by Gasteiger charge is -2.28. The van der Waals surface area contributed by atoms with Crippen molar-refractivity contribution in [3.8, 4) is 0 Å². The number of phosphoric acid groups is 1. The predicted molar refractivity (Wildman–Crippen MR) is 212 cm³/mol. The molecule has 8 nitrogen and oxygen atoms in total. The minimum Gasteiger partial charge on any atom is -0.756 e. The van der Waals surface area contributed by atoms with Gasteiger partial charge in [-0.2, -0.15) is 0 Å². The molecule has 51 heavy (non-hydrogen) atoms. The van der Waals surface area contributed by atoms with Crippen molar-refractivity contribution >= 4 is 13.8 Å². The van der Waals surface area contributed by atoms with Gasteiger partial charge in [0.05, 0.1) is 34.4 Å². The number of allylic oxidation sites excluding steroid dienone is 14. The Labute approximate surface area is 312 Å². The Hall–Kier alpha value is -2.32. The van der Waals surface area contributed by atoms with Gasteiger partial charge >= 0.3 is 5.97 Å². The normalized spacial score (nSPS) is 14.9. The van der Waals surface area contributed by atoms with E-state index in [9.17, 15) is 14.3 Å². The number of rotatable bonds is 34. The van der Waals surface area contributed by atoms with Crippen LogP contribution in [0.3, 0.4) is 0 Å².